The van der Waals surface area contributed by atoms with Crippen LogP contribution in [0.4, 0.5) is 5.82 Å². The third-order valence-electron chi connectivity index (χ3n) is 3.13. The van der Waals surface area contributed by atoms with Gasteiger partial charge in [-0.3, -0.25) is 4.79 Å². The molecule has 1 heterocycles. The van der Waals surface area contributed by atoms with Crippen molar-refractivity contribution in [2.45, 2.75) is 0 Å². The quantitative estimate of drug-likeness (QED) is 0.477. The van der Waals surface area contributed by atoms with Gasteiger partial charge in [-0.15, -0.1) is 0 Å². The molecule has 0 unspecified atom stereocenters. The number of carbonyl (C=O) groups excluding carboxylic acids is 1. The molecule has 1 amide bonds. The van der Waals surface area contributed by atoms with Gasteiger partial charge in [-0.05, 0) is 35.9 Å². The number of hydrogen-bond acceptors (Lipinski definition) is 5. The third kappa shape index (κ3) is 4.94. The molecule has 0 aliphatic rings. The zero-order valence-electron chi connectivity index (χ0n) is 13.7. The highest BCUT2D eigenvalue weighted by Gasteiger charge is 2.11. The molecule has 0 radical (unpaired) electrons. The molecule has 0 spiro atoms. The summed E-state index contributed by atoms with van der Waals surface area (Å²) in [5.41, 5.74) is 0.586. The number of benzene rings is 1. The second-order valence-corrected chi connectivity index (χ2v) is 4.85. The number of rotatable bonds is 7. The van der Waals surface area contributed by atoms with Crippen LogP contribution in [0.2, 0.25) is 0 Å². The molecule has 6 heteroatoms. The van der Waals surface area contributed by atoms with E-state index in [1.54, 1.807) is 48.7 Å². The van der Waals surface area contributed by atoms with Crippen molar-refractivity contribution in [2.24, 2.45) is 0 Å². The van der Waals surface area contributed by atoms with Crippen molar-refractivity contribution in [1.82, 2.24) is 4.98 Å². The lowest BCUT2D eigenvalue weighted by Crippen LogP contribution is -2.14. The molecule has 2 rings (SSSR count). The Hall–Kier alpha value is -3.59. The number of carbonyl (C=O) groups is 1. The van der Waals surface area contributed by atoms with Crippen molar-refractivity contribution in [3.8, 4) is 17.6 Å². The summed E-state index contributed by atoms with van der Waals surface area (Å²) in [7, 11) is 1.52. The minimum Gasteiger partial charge on any atom is -0.493 e. The first kappa shape index (κ1) is 17.8. The van der Waals surface area contributed by atoms with E-state index < -0.39 is 5.91 Å². The molecule has 1 N–H and O–H groups in total. The van der Waals surface area contributed by atoms with E-state index in [9.17, 15) is 10.1 Å². The van der Waals surface area contributed by atoms with Crippen LogP contribution in [0.15, 0.2) is 60.8 Å². The molecule has 6 nitrogen and oxygen atoms in total. The molecular weight excluding hydrogens is 318 g/mol. The van der Waals surface area contributed by atoms with Gasteiger partial charge < -0.3 is 14.8 Å². The smallest absolute Gasteiger partial charge is 0.267 e. The zero-order chi connectivity index (χ0) is 18.1. The van der Waals surface area contributed by atoms with Crippen LogP contribution in [-0.4, -0.2) is 24.6 Å². The van der Waals surface area contributed by atoms with Gasteiger partial charge in [-0.25, -0.2) is 4.98 Å². The molecular formula is C19H17N3O3. The Kier molecular flexibility index (Phi) is 6.32. The van der Waals surface area contributed by atoms with Crippen molar-refractivity contribution < 1.29 is 14.3 Å². The van der Waals surface area contributed by atoms with E-state index >= 15 is 0 Å². The number of methoxy groups -OCH3 is 1. The molecule has 25 heavy (non-hydrogen) atoms. The molecule has 0 fully saturated rings. The molecule has 0 saturated carbocycles. The van der Waals surface area contributed by atoms with E-state index in [2.05, 4.69) is 16.9 Å². The van der Waals surface area contributed by atoms with Gasteiger partial charge in [0, 0.05) is 6.20 Å². The van der Waals surface area contributed by atoms with Gasteiger partial charge in [-0.1, -0.05) is 24.8 Å². The number of aromatic nitrogens is 1. The largest absolute Gasteiger partial charge is 0.493 e. The zero-order valence-corrected chi connectivity index (χ0v) is 13.7. The average molecular weight is 335 g/mol. The summed E-state index contributed by atoms with van der Waals surface area (Å²) < 4.78 is 10.7. The number of hydrogen-bond donors (Lipinski definition) is 1. The lowest BCUT2D eigenvalue weighted by molar-refractivity contribution is -0.112. The Morgan fingerprint density at radius 2 is 2.20 bits per heavy atom. The Morgan fingerprint density at radius 3 is 2.84 bits per heavy atom. The minimum atomic E-state index is -0.535. The first-order valence-corrected chi connectivity index (χ1v) is 7.44. The number of nitrogens with zero attached hydrogens (tertiary/aromatic N) is 2. The molecule has 0 atom stereocenters. The molecule has 0 saturated heterocycles. The van der Waals surface area contributed by atoms with Crippen LogP contribution in [0.3, 0.4) is 0 Å². The Balaban J connectivity index is 2.22. The van der Waals surface area contributed by atoms with Crippen molar-refractivity contribution in [3.63, 3.8) is 0 Å². The number of pyridine rings is 1. The van der Waals surface area contributed by atoms with Crippen LogP contribution in [-0.2, 0) is 4.79 Å². The summed E-state index contributed by atoms with van der Waals surface area (Å²) in [5, 5.41) is 11.8. The second-order valence-electron chi connectivity index (χ2n) is 4.85. The number of nitrogens with one attached hydrogen (secondary N) is 1. The van der Waals surface area contributed by atoms with E-state index in [-0.39, 0.29) is 5.57 Å². The van der Waals surface area contributed by atoms with Crippen LogP contribution < -0.4 is 14.8 Å². The van der Waals surface area contributed by atoms with E-state index in [0.29, 0.717) is 29.5 Å². The van der Waals surface area contributed by atoms with Crippen LogP contribution in [0.5, 0.6) is 11.5 Å². The molecule has 126 valence electrons. The summed E-state index contributed by atoms with van der Waals surface area (Å²) in [6.07, 6.45) is 4.65. The maximum absolute atomic E-state index is 12.2. The predicted octanol–water partition coefficient (Wildman–Crippen LogP) is 3.20. The number of anilines is 1. The van der Waals surface area contributed by atoms with Gasteiger partial charge in [0.2, 0.25) is 0 Å². The first-order valence-electron chi connectivity index (χ1n) is 7.44. The van der Waals surface area contributed by atoms with E-state index in [1.165, 1.54) is 13.2 Å². The Labute approximate surface area is 146 Å². The normalized spacial score (nSPS) is 10.5. The monoisotopic (exact) mass is 335 g/mol. The first-order chi connectivity index (χ1) is 12.2. The van der Waals surface area contributed by atoms with Gasteiger partial charge >= 0.3 is 0 Å². The van der Waals surface area contributed by atoms with E-state index in [1.807, 2.05) is 6.07 Å². The molecule has 0 aliphatic carbocycles. The third-order valence-corrected chi connectivity index (χ3v) is 3.13. The summed E-state index contributed by atoms with van der Waals surface area (Å²) in [4.78, 5) is 16.2. The molecule has 1 aromatic heterocycles. The van der Waals surface area contributed by atoms with Crippen LogP contribution in [0.25, 0.3) is 6.08 Å². The Morgan fingerprint density at radius 1 is 1.36 bits per heavy atom. The van der Waals surface area contributed by atoms with E-state index in [4.69, 9.17) is 9.47 Å². The highest BCUT2D eigenvalue weighted by molar-refractivity contribution is 6.09. The molecule has 0 bridgehead atoms. The van der Waals surface area contributed by atoms with Crippen molar-refractivity contribution >= 4 is 17.8 Å². The predicted molar refractivity (Wildman–Crippen MR) is 95.1 cm³/mol. The maximum atomic E-state index is 12.2. The molecule has 1 aromatic carbocycles. The fourth-order valence-corrected chi connectivity index (χ4v) is 1.98. The SMILES string of the molecule is C=CCOc1ccc(/C=C(\C#N)C(=O)Nc2ccccn2)cc1OC. The van der Waals surface area contributed by atoms with E-state index in [0.717, 1.165) is 0 Å². The lowest BCUT2D eigenvalue weighted by Gasteiger charge is -2.10. The molecule has 0 aliphatic heterocycles. The highest BCUT2D eigenvalue weighted by atomic mass is 16.5. The number of amides is 1. The maximum Gasteiger partial charge on any atom is 0.267 e. The minimum absolute atomic E-state index is 0.0486. The number of ether oxygens (including phenoxy) is 2. The van der Waals surface area contributed by atoms with Gasteiger partial charge in [0.05, 0.1) is 7.11 Å². The van der Waals surface area contributed by atoms with Gasteiger partial charge in [0.15, 0.2) is 11.5 Å². The fourth-order valence-electron chi connectivity index (χ4n) is 1.98. The van der Waals surface area contributed by atoms with Crippen LogP contribution >= 0.6 is 0 Å². The highest BCUT2D eigenvalue weighted by Crippen LogP contribution is 2.29. The Bertz CT molecular complexity index is 824. The van der Waals surface area contributed by atoms with Crippen molar-refractivity contribution in [3.05, 3.63) is 66.4 Å². The van der Waals surface area contributed by atoms with Crippen molar-refractivity contribution in [2.75, 3.05) is 19.0 Å². The topological polar surface area (TPSA) is 84.2 Å². The summed E-state index contributed by atoms with van der Waals surface area (Å²) in [6, 6.07) is 12.1. The van der Waals surface area contributed by atoms with Crippen molar-refractivity contribution in [1.29, 1.82) is 5.26 Å². The molecule has 2 aromatic rings. The van der Waals surface area contributed by atoms with Gasteiger partial charge in [0.1, 0.15) is 24.1 Å². The lowest BCUT2D eigenvalue weighted by atomic mass is 10.1. The summed E-state index contributed by atoms with van der Waals surface area (Å²) in [6.45, 7) is 3.94. The van der Waals surface area contributed by atoms with Crippen LogP contribution in [0, 0.1) is 11.3 Å². The second kappa shape index (κ2) is 8.89. The summed E-state index contributed by atoms with van der Waals surface area (Å²) >= 11 is 0. The average Bonchev–Trinajstić information content (AvgIpc) is 2.65. The van der Waals surface area contributed by atoms with Gasteiger partial charge in [0.25, 0.3) is 5.91 Å². The van der Waals surface area contributed by atoms with Crippen LogP contribution in [0.1, 0.15) is 5.56 Å². The standard InChI is InChI=1S/C19H17N3O3/c1-3-10-25-16-8-7-14(12-17(16)24-2)11-15(13-20)19(23)22-18-6-4-5-9-21-18/h3-9,11-12H,1,10H2,2H3,(H,21,22,23)/b15-11+. The summed E-state index contributed by atoms with van der Waals surface area (Å²) in [5.74, 6) is 0.889. The van der Waals surface area contributed by atoms with Gasteiger partial charge in [-0.2, -0.15) is 5.26 Å². The number of nitriles is 1. The fraction of sp³-hybridized carbons (Fsp3) is 0.105.